The van der Waals surface area contributed by atoms with E-state index in [-0.39, 0.29) is 23.3 Å². The Morgan fingerprint density at radius 2 is 1.56 bits per heavy atom. The largest absolute Gasteiger partial charge is 0.494 e. The fraction of sp³-hybridized carbons (Fsp3) is 0.355. The van der Waals surface area contributed by atoms with Crippen molar-refractivity contribution in [3.8, 4) is 5.75 Å². The number of sulfonamides is 1. The van der Waals surface area contributed by atoms with Gasteiger partial charge in [0.25, 0.3) is 10.0 Å². The summed E-state index contributed by atoms with van der Waals surface area (Å²) in [6, 6.07) is 20.7. The van der Waals surface area contributed by atoms with E-state index in [0.717, 1.165) is 9.87 Å². The van der Waals surface area contributed by atoms with Crippen molar-refractivity contribution in [2.75, 3.05) is 24.0 Å². The standard InChI is InChI=1S/C31H38ClN3O5S/c1-5-29(31(37)33-20-23(3)4)34(21-24-12-14-25(32)15-13-24)30(36)22-35(26-16-18-27(19-17-26)40-6-2)41(38,39)28-10-8-7-9-11-28/h7-19,23,29H,5-6,20-22H2,1-4H3,(H,33,37)/t29-/m1/s1. The van der Waals surface area contributed by atoms with Crippen molar-refractivity contribution in [3.05, 3.63) is 89.4 Å². The van der Waals surface area contributed by atoms with Gasteiger partial charge < -0.3 is 15.0 Å². The molecule has 0 aliphatic rings. The molecule has 0 bridgehead atoms. The van der Waals surface area contributed by atoms with Gasteiger partial charge in [0.15, 0.2) is 0 Å². The monoisotopic (exact) mass is 599 g/mol. The molecule has 3 aromatic rings. The molecule has 0 saturated heterocycles. The topological polar surface area (TPSA) is 96.0 Å². The molecule has 2 amide bonds. The van der Waals surface area contributed by atoms with Crippen LogP contribution in [-0.2, 0) is 26.2 Å². The smallest absolute Gasteiger partial charge is 0.264 e. The van der Waals surface area contributed by atoms with Crippen molar-refractivity contribution < 1.29 is 22.7 Å². The lowest BCUT2D eigenvalue weighted by Gasteiger charge is -2.33. The van der Waals surface area contributed by atoms with Crippen LogP contribution in [-0.4, -0.2) is 50.9 Å². The fourth-order valence-corrected chi connectivity index (χ4v) is 5.81. The van der Waals surface area contributed by atoms with Gasteiger partial charge in [-0.1, -0.05) is 62.7 Å². The number of carbonyl (C=O) groups is 2. The van der Waals surface area contributed by atoms with E-state index in [1.54, 1.807) is 66.7 Å². The first-order valence-corrected chi connectivity index (χ1v) is 15.5. The van der Waals surface area contributed by atoms with Crippen molar-refractivity contribution in [1.82, 2.24) is 10.2 Å². The number of nitrogens with zero attached hydrogens (tertiary/aromatic N) is 2. The lowest BCUT2D eigenvalue weighted by atomic mass is 10.1. The molecule has 10 heteroatoms. The second-order valence-electron chi connectivity index (χ2n) is 9.96. The summed E-state index contributed by atoms with van der Waals surface area (Å²) in [5.41, 5.74) is 1.06. The number of carbonyl (C=O) groups excluding carboxylic acids is 2. The van der Waals surface area contributed by atoms with Crippen LogP contribution in [0.5, 0.6) is 5.75 Å². The Hall–Kier alpha value is -3.56. The minimum atomic E-state index is -4.13. The third kappa shape index (κ3) is 8.71. The van der Waals surface area contributed by atoms with Gasteiger partial charge in [-0.25, -0.2) is 8.42 Å². The van der Waals surface area contributed by atoms with E-state index < -0.39 is 28.5 Å². The highest BCUT2D eigenvalue weighted by Crippen LogP contribution is 2.27. The van der Waals surface area contributed by atoms with Crippen LogP contribution in [0.25, 0.3) is 0 Å². The summed E-state index contributed by atoms with van der Waals surface area (Å²) >= 11 is 6.07. The number of ether oxygens (including phenoxy) is 1. The number of amides is 2. The lowest BCUT2D eigenvalue weighted by molar-refractivity contribution is -0.140. The van der Waals surface area contributed by atoms with Crippen LogP contribution in [0.3, 0.4) is 0 Å². The molecule has 0 aliphatic carbocycles. The zero-order valence-electron chi connectivity index (χ0n) is 23.9. The van der Waals surface area contributed by atoms with Crippen molar-refractivity contribution in [1.29, 1.82) is 0 Å². The first kappa shape index (κ1) is 32.0. The molecule has 3 aromatic carbocycles. The predicted octanol–water partition coefficient (Wildman–Crippen LogP) is 5.51. The molecular formula is C31H38ClN3O5S. The molecule has 0 heterocycles. The van der Waals surface area contributed by atoms with E-state index in [4.69, 9.17) is 16.3 Å². The Balaban J connectivity index is 2.03. The molecular weight excluding hydrogens is 562 g/mol. The van der Waals surface area contributed by atoms with Gasteiger partial charge in [-0.3, -0.25) is 13.9 Å². The molecule has 3 rings (SSSR count). The average molecular weight is 600 g/mol. The second-order valence-corrected chi connectivity index (χ2v) is 12.3. The van der Waals surface area contributed by atoms with Gasteiger partial charge in [-0.05, 0) is 73.4 Å². The number of halogens is 1. The van der Waals surface area contributed by atoms with Gasteiger partial charge in [0, 0.05) is 18.1 Å². The highest BCUT2D eigenvalue weighted by molar-refractivity contribution is 7.92. The number of nitrogens with one attached hydrogen (secondary N) is 1. The van der Waals surface area contributed by atoms with Crippen LogP contribution in [0, 0.1) is 5.92 Å². The molecule has 1 atom stereocenters. The van der Waals surface area contributed by atoms with Crippen LogP contribution >= 0.6 is 11.6 Å². The Labute approximate surface area is 248 Å². The van der Waals surface area contributed by atoms with Crippen LogP contribution < -0.4 is 14.4 Å². The van der Waals surface area contributed by atoms with Crippen LogP contribution in [0.4, 0.5) is 5.69 Å². The molecule has 220 valence electrons. The number of hydrogen-bond acceptors (Lipinski definition) is 5. The summed E-state index contributed by atoms with van der Waals surface area (Å²) in [7, 11) is -4.13. The normalized spacial score (nSPS) is 12.0. The van der Waals surface area contributed by atoms with Crippen molar-refractivity contribution in [2.24, 2.45) is 5.92 Å². The van der Waals surface area contributed by atoms with Crippen molar-refractivity contribution >= 4 is 39.1 Å². The Morgan fingerprint density at radius 1 is 0.927 bits per heavy atom. The molecule has 0 saturated carbocycles. The summed E-state index contributed by atoms with van der Waals surface area (Å²) in [4.78, 5) is 28.8. The molecule has 0 unspecified atom stereocenters. The first-order valence-electron chi connectivity index (χ1n) is 13.7. The summed E-state index contributed by atoms with van der Waals surface area (Å²) in [5, 5.41) is 3.47. The zero-order valence-corrected chi connectivity index (χ0v) is 25.5. The molecule has 0 aromatic heterocycles. The molecule has 0 spiro atoms. The predicted molar refractivity (Wildman–Crippen MR) is 163 cm³/mol. The SMILES string of the molecule is CCOc1ccc(N(CC(=O)N(Cc2ccc(Cl)cc2)[C@H](CC)C(=O)NCC(C)C)S(=O)(=O)c2ccccc2)cc1. The van der Waals surface area contributed by atoms with E-state index >= 15 is 0 Å². The minimum absolute atomic E-state index is 0.0488. The van der Waals surface area contributed by atoms with Gasteiger partial charge >= 0.3 is 0 Å². The number of anilines is 1. The third-order valence-corrected chi connectivity index (χ3v) is 8.42. The molecule has 0 radical (unpaired) electrons. The Morgan fingerprint density at radius 3 is 2.12 bits per heavy atom. The molecule has 0 fully saturated rings. The van der Waals surface area contributed by atoms with Gasteiger partial charge in [-0.15, -0.1) is 0 Å². The lowest BCUT2D eigenvalue weighted by Crippen LogP contribution is -2.52. The average Bonchev–Trinajstić information content (AvgIpc) is 2.96. The quantitative estimate of drug-likeness (QED) is 0.263. The number of benzene rings is 3. The fourth-order valence-electron chi connectivity index (χ4n) is 4.25. The highest BCUT2D eigenvalue weighted by Gasteiger charge is 2.33. The first-order chi connectivity index (χ1) is 19.6. The van der Waals surface area contributed by atoms with E-state index in [1.165, 1.54) is 17.0 Å². The summed E-state index contributed by atoms with van der Waals surface area (Å²) in [6.07, 6.45) is 0.345. The summed E-state index contributed by atoms with van der Waals surface area (Å²) < 4.78 is 34.4. The Bertz CT molecular complexity index is 1380. The number of hydrogen-bond donors (Lipinski definition) is 1. The molecule has 0 aliphatic heterocycles. The maximum Gasteiger partial charge on any atom is 0.264 e. The van der Waals surface area contributed by atoms with Gasteiger partial charge in [0.05, 0.1) is 17.2 Å². The molecule has 41 heavy (non-hydrogen) atoms. The van der Waals surface area contributed by atoms with Gasteiger partial charge in [0.1, 0.15) is 18.3 Å². The maximum absolute atomic E-state index is 14.1. The zero-order chi connectivity index (χ0) is 30.0. The van der Waals surface area contributed by atoms with Crippen LogP contribution in [0.1, 0.15) is 39.7 Å². The van der Waals surface area contributed by atoms with E-state index in [1.807, 2.05) is 27.7 Å². The highest BCUT2D eigenvalue weighted by atomic mass is 35.5. The molecule has 1 N–H and O–H groups in total. The summed E-state index contributed by atoms with van der Waals surface area (Å²) in [6.45, 7) is 8.17. The third-order valence-electron chi connectivity index (χ3n) is 6.38. The van der Waals surface area contributed by atoms with Crippen LogP contribution in [0.15, 0.2) is 83.8 Å². The number of rotatable bonds is 14. The van der Waals surface area contributed by atoms with Crippen molar-refractivity contribution in [2.45, 2.75) is 51.6 Å². The van der Waals surface area contributed by atoms with E-state index in [2.05, 4.69) is 5.32 Å². The maximum atomic E-state index is 14.1. The second kappa shape index (κ2) is 14.9. The van der Waals surface area contributed by atoms with Gasteiger partial charge in [-0.2, -0.15) is 0 Å². The Kier molecular flexibility index (Phi) is 11.6. The van der Waals surface area contributed by atoms with E-state index in [0.29, 0.717) is 36.0 Å². The molecule has 8 nitrogen and oxygen atoms in total. The van der Waals surface area contributed by atoms with E-state index in [9.17, 15) is 18.0 Å². The minimum Gasteiger partial charge on any atom is -0.494 e. The van der Waals surface area contributed by atoms with Crippen molar-refractivity contribution in [3.63, 3.8) is 0 Å². The summed E-state index contributed by atoms with van der Waals surface area (Å²) in [5.74, 6) is 0.00171. The van der Waals surface area contributed by atoms with Gasteiger partial charge in [0.2, 0.25) is 11.8 Å². The van der Waals surface area contributed by atoms with Crippen LogP contribution in [0.2, 0.25) is 5.02 Å².